The lowest BCUT2D eigenvalue weighted by Gasteiger charge is -2.34. The zero-order chi connectivity index (χ0) is 13.4. The lowest BCUT2D eigenvalue weighted by Crippen LogP contribution is -2.44. The fraction of sp³-hybridized carbons (Fsp3) is 0.533. The maximum Gasteiger partial charge on any atom is 0.253 e. The van der Waals surface area contributed by atoms with E-state index in [0.29, 0.717) is 26.1 Å². The summed E-state index contributed by atoms with van der Waals surface area (Å²) in [5.74, 6) is 1.11. The number of hydrogen-bond acceptors (Lipinski definition) is 3. The van der Waals surface area contributed by atoms with Crippen LogP contribution in [-0.2, 0) is 6.42 Å². The minimum absolute atomic E-state index is 0.0634. The Hall–Kier alpha value is -1.55. The van der Waals surface area contributed by atoms with E-state index < -0.39 is 0 Å². The molecule has 2 heterocycles. The highest BCUT2D eigenvalue weighted by atomic mass is 16.5. The predicted molar refractivity (Wildman–Crippen MR) is 71.3 cm³/mol. The molecule has 2 atom stereocenters. The minimum atomic E-state index is -0.280. The van der Waals surface area contributed by atoms with Crippen LogP contribution in [0.4, 0.5) is 0 Å². The third-order valence-electron chi connectivity index (χ3n) is 4.08. The monoisotopic (exact) mass is 261 g/mol. The number of likely N-dealkylation sites (tertiary alicyclic amines) is 1. The molecule has 102 valence electrons. The van der Waals surface area contributed by atoms with E-state index >= 15 is 0 Å². The van der Waals surface area contributed by atoms with Gasteiger partial charge in [-0.2, -0.15) is 0 Å². The molecule has 3 rings (SSSR count). The lowest BCUT2D eigenvalue weighted by molar-refractivity contribution is 0.0297. The first-order chi connectivity index (χ1) is 9.15. The topological polar surface area (TPSA) is 49.8 Å². The molecule has 0 bridgehead atoms. The van der Waals surface area contributed by atoms with Crippen molar-refractivity contribution < 1.29 is 14.6 Å². The summed E-state index contributed by atoms with van der Waals surface area (Å²) in [6.45, 7) is 3.96. The van der Waals surface area contributed by atoms with Crippen LogP contribution >= 0.6 is 0 Å². The van der Waals surface area contributed by atoms with Gasteiger partial charge in [0.1, 0.15) is 5.75 Å². The van der Waals surface area contributed by atoms with Crippen molar-refractivity contribution in [2.24, 2.45) is 5.92 Å². The van der Waals surface area contributed by atoms with Crippen molar-refractivity contribution in [3.63, 3.8) is 0 Å². The third-order valence-corrected chi connectivity index (χ3v) is 4.08. The van der Waals surface area contributed by atoms with E-state index in [1.807, 2.05) is 30.0 Å². The largest absolute Gasteiger partial charge is 0.493 e. The van der Waals surface area contributed by atoms with E-state index in [1.54, 1.807) is 0 Å². The van der Waals surface area contributed by atoms with Crippen molar-refractivity contribution in [3.8, 4) is 5.75 Å². The summed E-state index contributed by atoms with van der Waals surface area (Å²) in [6, 6.07) is 5.67. The molecule has 1 amide bonds. The van der Waals surface area contributed by atoms with Gasteiger partial charge >= 0.3 is 0 Å². The van der Waals surface area contributed by atoms with E-state index in [1.165, 1.54) is 0 Å². The number of aliphatic hydroxyl groups excluding tert-OH is 1. The predicted octanol–water partition coefficient (Wildman–Crippen LogP) is 1.46. The summed E-state index contributed by atoms with van der Waals surface area (Å²) in [5, 5.41) is 9.72. The van der Waals surface area contributed by atoms with Crippen molar-refractivity contribution in [1.82, 2.24) is 4.90 Å². The molecule has 4 nitrogen and oxygen atoms in total. The van der Waals surface area contributed by atoms with Crippen LogP contribution in [0.1, 0.15) is 29.3 Å². The molecule has 1 saturated heterocycles. The summed E-state index contributed by atoms with van der Waals surface area (Å²) in [5.41, 5.74) is 1.85. The first-order valence-electron chi connectivity index (χ1n) is 6.88. The average Bonchev–Trinajstić information content (AvgIpc) is 2.88. The molecule has 0 aromatic heterocycles. The van der Waals surface area contributed by atoms with Crippen LogP contribution in [0, 0.1) is 5.92 Å². The van der Waals surface area contributed by atoms with Gasteiger partial charge < -0.3 is 14.7 Å². The maximum absolute atomic E-state index is 12.5. The second-order valence-electron chi connectivity index (χ2n) is 5.51. The Morgan fingerprint density at radius 1 is 1.47 bits per heavy atom. The van der Waals surface area contributed by atoms with E-state index in [2.05, 4.69) is 0 Å². The van der Waals surface area contributed by atoms with Crippen molar-refractivity contribution in [2.45, 2.75) is 25.9 Å². The summed E-state index contributed by atoms with van der Waals surface area (Å²) < 4.78 is 5.45. The number of benzene rings is 1. The molecule has 2 aliphatic rings. The van der Waals surface area contributed by atoms with Crippen LogP contribution in [0.5, 0.6) is 5.75 Å². The number of hydrogen-bond donors (Lipinski definition) is 1. The van der Waals surface area contributed by atoms with Gasteiger partial charge in [-0.05, 0) is 36.1 Å². The first-order valence-corrected chi connectivity index (χ1v) is 6.88. The molecule has 0 spiro atoms. The first kappa shape index (κ1) is 12.5. The van der Waals surface area contributed by atoms with Gasteiger partial charge in [0.05, 0.1) is 12.7 Å². The molecule has 2 unspecified atom stereocenters. The van der Waals surface area contributed by atoms with Crippen molar-refractivity contribution >= 4 is 5.91 Å². The summed E-state index contributed by atoms with van der Waals surface area (Å²) in [6.07, 6.45) is 1.27. The molecule has 0 aliphatic carbocycles. The standard InChI is InChI=1S/C15H19NO3/c1-10-9-16(6-4-13(10)17)15(18)12-2-3-14-11(8-12)5-7-19-14/h2-3,8,10,13,17H,4-7,9H2,1H3. The number of aliphatic hydroxyl groups is 1. The van der Waals surface area contributed by atoms with Crippen LogP contribution in [-0.4, -0.2) is 41.7 Å². The summed E-state index contributed by atoms with van der Waals surface area (Å²) in [4.78, 5) is 14.3. The number of carbonyl (C=O) groups is 1. The number of amides is 1. The summed E-state index contributed by atoms with van der Waals surface area (Å²) >= 11 is 0. The third kappa shape index (κ3) is 2.32. The van der Waals surface area contributed by atoms with Crippen molar-refractivity contribution in [2.75, 3.05) is 19.7 Å². The van der Waals surface area contributed by atoms with Gasteiger partial charge in [-0.15, -0.1) is 0 Å². The van der Waals surface area contributed by atoms with E-state index in [-0.39, 0.29) is 17.9 Å². The molecule has 0 radical (unpaired) electrons. The zero-order valence-corrected chi connectivity index (χ0v) is 11.1. The molecular weight excluding hydrogens is 242 g/mol. The number of rotatable bonds is 1. The van der Waals surface area contributed by atoms with Crippen LogP contribution < -0.4 is 4.74 Å². The van der Waals surface area contributed by atoms with Crippen LogP contribution in [0.3, 0.4) is 0 Å². The highest BCUT2D eigenvalue weighted by molar-refractivity contribution is 5.94. The van der Waals surface area contributed by atoms with Crippen LogP contribution in [0.15, 0.2) is 18.2 Å². The lowest BCUT2D eigenvalue weighted by atomic mass is 9.96. The number of piperidine rings is 1. The maximum atomic E-state index is 12.5. The Balaban J connectivity index is 1.77. The molecular formula is C15H19NO3. The van der Waals surface area contributed by atoms with Crippen LogP contribution in [0.25, 0.3) is 0 Å². The fourth-order valence-electron chi connectivity index (χ4n) is 2.82. The molecule has 4 heteroatoms. The SMILES string of the molecule is CC1CN(C(=O)c2ccc3c(c2)CCO3)CCC1O. The van der Waals surface area contributed by atoms with Gasteiger partial charge in [0.2, 0.25) is 0 Å². The van der Waals surface area contributed by atoms with Crippen molar-refractivity contribution in [3.05, 3.63) is 29.3 Å². The Morgan fingerprint density at radius 3 is 3.11 bits per heavy atom. The Bertz CT molecular complexity index is 500. The van der Waals surface area contributed by atoms with Gasteiger partial charge in [0.15, 0.2) is 0 Å². The van der Waals surface area contributed by atoms with E-state index in [4.69, 9.17) is 4.74 Å². The normalized spacial score (nSPS) is 25.9. The second-order valence-corrected chi connectivity index (χ2v) is 5.51. The molecule has 19 heavy (non-hydrogen) atoms. The molecule has 2 aliphatic heterocycles. The highest BCUT2D eigenvalue weighted by Gasteiger charge is 2.28. The number of fused-ring (bicyclic) bond motifs is 1. The average molecular weight is 261 g/mol. The van der Waals surface area contributed by atoms with Crippen LogP contribution in [0.2, 0.25) is 0 Å². The van der Waals surface area contributed by atoms with Gasteiger partial charge in [0.25, 0.3) is 5.91 Å². The second kappa shape index (κ2) is 4.85. The van der Waals surface area contributed by atoms with Gasteiger partial charge in [-0.3, -0.25) is 4.79 Å². The Morgan fingerprint density at radius 2 is 2.32 bits per heavy atom. The van der Waals surface area contributed by atoms with Gasteiger partial charge in [-0.25, -0.2) is 0 Å². The Kier molecular flexibility index (Phi) is 3.19. The number of ether oxygens (including phenoxy) is 1. The van der Waals surface area contributed by atoms with E-state index in [9.17, 15) is 9.90 Å². The minimum Gasteiger partial charge on any atom is -0.493 e. The number of carbonyl (C=O) groups excluding carboxylic acids is 1. The van der Waals surface area contributed by atoms with Crippen molar-refractivity contribution in [1.29, 1.82) is 0 Å². The van der Waals surface area contributed by atoms with E-state index in [0.717, 1.165) is 23.3 Å². The fourth-order valence-corrected chi connectivity index (χ4v) is 2.82. The highest BCUT2D eigenvalue weighted by Crippen LogP contribution is 2.27. The van der Waals surface area contributed by atoms with Gasteiger partial charge in [0, 0.05) is 25.1 Å². The molecule has 1 N–H and O–H groups in total. The van der Waals surface area contributed by atoms with Gasteiger partial charge in [-0.1, -0.05) is 6.92 Å². The Labute approximate surface area is 113 Å². The quantitative estimate of drug-likeness (QED) is 0.832. The summed E-state index contributed by atoms with van der Waals surface area (Å²) in [7, 11) is 0. The number of nitrogens with zero attached hydrogens (tertiary/aromatic N) is 1. The zero-order valence-electron chi connectivity index (χ0n) is 11.1. The smallest absolute Gasteiger partial charge is 0.253 e. The molecule has 1 fully saturated rings. The molecule has 1 aromatic rings. The molecule has 0 saturated carbocycles. The molecule has 1 aromatic carbocycles.